The van der Waals surface area contributed by atoms with Gasteiger partial charge in [0.1, 0.15) is 17.0 Å². The molecule has 1 amide bonds. The number of nitrogens with one attached hydrogen (secondary N) is 1. The van der Waals surface area contributed by atoms with E-state index < -0.39 is 0 Å². The van der Waals surface area contributed by atoms with Gasteiger partial charge in [0.2, 0.25) is 0 Å². The molecule has 130 valence electrons. The summed E-state index contributed by atoms with van der Waals surface area (Å²) in [7, 11) is 1.58. The lowest BCUT2D eigenvalue weighted by atomic mass is 10.2. The second-order valence-electron chi connectivity index (χ2n) is 6.04. The van der Waals surface area contributed by atoms with Crippen LogP contribution in [0.5, 0.6) is 0 Å². The van der Waals surface area contributed by atoms with Gasteiger partial charge in [0.25, 0.3) is 11.5 Å². The van der Waals surface area contributed by atoms with Crippen molar-refractivity contribution >= 4 is 22.5 Å². The minimum Gasteiger partial charge on any atom is -0.337 e. The normalized spacial score (nSPS) is 11.2. The Morgan fingerprint density at radius 2 is 1.92 bits per heavy atom. The number of aromatic nitrogens is 3. The van der Waals surface area contributed by atoms with Crippen molar-refractivity contribution in [3.8, 4) is 0 Å². The highest BCUT2D eigenvalue weighted by Crippen LogP contribution is 2.17. The van der Waals surface area contributed by atoms with E-state index >= 15 is 0 Å². The first-order valence-corrected chi connectivity index (χ1v) is 8.04. The maximum Gasteiger partial charge on any atom is 0.259 e. The maximum absolute atomic E-state index is 13.8. The topological polar surface area (TPSA) is 70.5 Å². The van der Waals surface area contributed by atoms with Crippen LogP contribution in [-0.4, -0.2) is 32.5 Å². The Balaban J connectivity index is 1.76. The third-order valence-corrected chi connectivity index (χ3v) is 4.32. The number of fused-ring (bicyclic) bond motifs is 3. The standard InChI is InChI=1S/C19H15FN4O2/c1-23(11-12-6-2-4-8-15(12)20)19(26)14-10-21-24-16-9-5-3-7-13(16)18(25)22-17(14)24/h2-10H,11H2,1H3,(H,22,25). The predicted octanol–water partition coefficient (Wildman–Crippen LogP) is 2.59. The van der Waals surface area contributed by atoms with Gasteiger partial charge in [-0.3, -0.25) is 9.59 Å². The van der Waals surface area contributed by atoms with Crippen molar-refractivity contribution in [3.63, 3.8) is 0 Å². The molecule has 2 aromatic heterocycles. The summed E-state index contributed by atoms with van der Waals surface area (Å²) >= 11 is 0. The maximum atomic E-state index is 13.8. The molecule has 26 heavy (non-hydrogen) atoms. The fourth-order valence-corrected chi connectivity index (χ4v) is 2.99. The number of hydrogen-bond acceptors (Lipinski definition) is 3. The van der Waals surface area contributed by atoms with E-state index in [2.05, 4.69) is 10.1 Å². The summed E-state index contributed by atoms with van der Waals surface area (Å²) in [6.07, 6.45) is 1.41. The molecule has 0 radical (unpaired) electrons. The first-order chi connectivity index (χ1) is 12.6. The highest BCUT2D eigenvalue weighted by molar-refractivity contribution is 6.00. The molecule has 0 spiro atoms. The van der Waals surface area contributed by atoms with E-state index in [-0.39, 0.29) is 29.4 Å². The average Bonchev–Trinajstić information content (AvgIpc) is 3.07. The van der Waals surface area contributed by atoms with E-state index in [1.807, 2.05) is 0 Å². The fourth-order valence-electron chi connectivity index (χ4n) is 2.99. The van der Waals surface area contributed by atoms with Gasteiger partial charge < -0.3 is 9.88 Å². The van der Waals surface area contributed by atoms with E-state index in [0.717, 1.165) is 0 Å². The molecule has 0 unspecified atom stereocenters. The molecule has 0 aliphatic heterocycles. The van der Waals surface area contributed by atoms with Gasteiger partial charge in [0, 0.05) is 19.2 Å². The SMILES string of the molecule is CN(Cc1ccccc1F)C(=O)c1cnn2c1[nH]c(=O)c1ccccc12. The molecule has 0 atom stereocenters. The lowest BCUT2D eigenvalue weighted by Gasteiger charge is -2.17. The molecule has 0 saturated carbocycles. The van der Waals surface area contributed by atoms with Crippen molar-refractivity contribution in [2.45, 2.75) is 6.54 Å². The monoisotopic (exact) mass is 350 g/mol. The first-order valence-electron chi connectivity index (χ1n) is 8.04. The minimum absolute atomic E-state index is 0.112. The van der Waals surface area contributed by atoms with E-state index in [1.165, 1.54) is 21.7 Å². The molecule has 0 aliphatic carbocycles. The second-order valence-corrected chi connectivity index (χ2v) is 6.04. The summed E-state index contributed by atoms with van der Waals surface area (Å²) in [5, 5.41) is 4.73. The average molecular weight is 350 g/mol. The number of benzene rings is 2. The molecular formula is C19H15FN4O2. The Labute approximate surface area is 147 Å². The van der Waals surface area contributed by atoms with E-state index in [4.69, 9.17) is 0 Å². The molecular weight excluding hydrogens is 335 g/mol. The Bertz CT molecular complexity index is 1200. The van der Waals surface area contributed by atoms with Crippen molar-refractivity contribution in [1.82, 2.24) is 19.5 Å². The van der Waals surface area contributed by atoms with Gasteiger partial charge in [0.05, 0.1) is 17.1 Å². The van der Waals surface area contributed by atoms with Gasteiger partial charge in [-0.15, -0.1) is 0 Å². The van der Waals surface area contributed by atoms with Crippen LogP contribution in [0.4, 0.5) is 4.39 Å². The fraction of sp³-hybridized carbons (Fsp3) is 0.105. The zero-order valence-electron chi connectivity index (χ0n) is 13.9. The van der Waals surface area contributed by atoms with Gasteiger partial charge in [0.15, 0.2) is 0 Å². The molecule has 0 saturated heterocycles. The first kappa shape index (κ1) is 16.0. The molecule has 2 heterocycles. The van der Waals surface area contributed by atoms with Gasteiger partial charge in [-0.1, -0.05) is 30.3 Å². The summed E-state index contributed by atoms with van der Waals surface area (Å²) < 4.78 is 15.4. The summed E-state index contributed by atoms with van der Waals surface area (Å²) in [6, 6.07) is 13.3. The predicted molar refractivity (Wildman–Crippen MR) is 95.5 cm³/mol. The van der Waals surface area contributed by atoms with E-state index in [1.54, 1.807) is 49.5 Å². The minimum atomic E-state index is -0.369. The number of rotatable bonds is 3. The number of carbonyl (C=O) groups excluding carboxylic acids is 1. The highest BCUT2D eigenvalue weighted by atomic mass is 19.1. The van der Waals surface area contributed by atoms with Crippen molar-refractivity contribution in [3.05, 3.63) is 82.0 Å². The number of aromatic amines is 1. The van der Waals surface area contributed by atoms with Crippen molar-refractivity contribution in [1.29, 1.82) is 0 Å². The van der Waals surface area contributed by atoms with Crippen LogP contribution in [0.25, 0.3) is 16.6 Å². The second kappa shape index (κ2) is 6.11. The molecule has 6 nitrogen and oxygen atoms in total. The van der Waals surface area contributed by atoms with Gasteiger partial charge in [-0.2, -0.15) is 5.10 Å². The van der Waals surface area contributed by atoms with E-state index in [0.29, 0.717) is 22.1 Å². The largest absolute Gasteiger partial charge is 0.337 e. The Kier molecular flexibility index (Phi) is 3.76. The smallest absolute Gasteiger partial charge is 0.259 e. The summed E-state index contributed by atoms with van der Waals surface area (Å²) in [6.45, 7) is 0.112. The molecule has 7 heteroatoms. The third kappa shape index (κ3) is 2.54. The zero-order valence-corrected chi connectivity index (χ0v) is 13.9. The van der Waals surface area contributed by atoms with Crippen molar-refractivity contribution < 1.29 is 9.18 Å². The molecule has 0 aliphatic rings. The third-order valence-electron chi connectivity index (χ3n) is 4.32. The lowest BCUT2D eigenvalue weighted by Crippen LogP contribution is -2.27. The van der Waals surface area contributed by atoms with Crippen LogP contribution in [0.1, 0.15) is 15.9 Å². The van der Waals surface area contributed by atoms with Crippen LogP contribution < -0.4 is 5.56 Å². The van der Waals surface area contributed by atoms with Gasteiger partial charge >= 0.3 is 0 Å². The van der Waals surface area contributed by atoms with Crippen LogP contribution in [0.3, 0.4) is 0 Å². The number of amides is 1. The molecule has 4 aromatic rings. The van der Waals surface area contributed by atoms with Crippen LogP contribution >= 0.6 is 0 Å². The molecule has 4 rings (SSSR count). The molecule has 0 bridgehead atoms. The zero-order chi connectivity index (χ0) is 18.3. The quantitative estimate of drug-likeness (QED) is 0.617. The summed E-state index contributed by atoms with van der Waals surface area (Å²) in [5.74, 6) is -0.722. The molecule has 1 N–H and O–H groups in total. The van der Waals surface area contributed by atoms with Crippen molar-refractivity contribution in [2.24, 2.45) is 0 Å². The van der Waals surface area contributed by atoms with Gasteiger partial charge in [-0.05, 0) is 18.2 Å². The van der Waals surface area contributed by atoms with E-state index in [9.17, 15) is 14.0 Å². The Morgan fingerprint density at radius 3 is 2.73 bits per heavy atom. The van der Waals surface area contributed by atoms with Gasteiger partial charge in [-0.25, -0.2) is 8.91 Å². The number of hydrogen-bond donors (Lipinski definition) is 1. The van der Waals surface area contributed by atoms with Crippen LogP contribution in [0.15, 0.2) is 59.5 Å². The number of carbonyl (C=O) groups is 1. The number of H-pyrrole nitrogens is 1. The Hall–Kier alpha value is -3.48. The number of para-hydroxylation sites is 1. The molecule has 0 fully saturated rings. The van der Waals surface area contributed by atoms with Crippen molar-refractivity contribution in [2.75, 3.05) is 7.05 Å². The number of halogens is 1. The van der Waals surface area contributed by atoms with Crippen LogP contribution in [0.2, 0.25) is 0 Å². The summed E-state index contributed by atoms with van der Waals surface area (Å²) in [4.78, 5) is 29.2. The Morgan fingerprint density at radius 1 is 1.19 bits per heavy atom. The number of nitrogens with zero attached hydrogens (tertiary/aromatic N) is 3. The highest BCUT2D eigenvalue weighted by Gasteiger charge is 2.20. The summed E-state index contributed by atoms with van der Waals surface area (Å²) in [5.41, 5.74) is 1.31. The van der Waals surface area contributed by atoms with Crippen LogP contribution in [-0.2, 0) is 6.54 Å². The lowest BCUT2D eigenvalue weighted by molar-refractivity contribution is 0.0785. The molecule has 2 aromatic carbocycles. The van der Waals surface area contributed by atoms with Crippen LogP contribution in [0, 0.1) is 5.82 Å².